The largest absolute Gasteiger partial charge is 0.494 e. The molecule has 0 aromatic heterocycles. The summed E-state index contributed by atoms with van der Waals surface area (Å²) in [5.41, 5.74) is 1.94. The monoisotopic (exact) mass is 369 g/mol. The van der Waals surface area contributed by atoms with E-state index in [1.807, 2.05) is 49.4 Å². The summed E-state index contributed by atoms with van der Waals surface area (Å²) in [6.45, 7) is 3.42. The highest BCUT2D eigenvalue weighted by Crippen LogP contribution is 2.42. The number of hydrogen-bond donors (Lipinski definition) is 1. The van der Waals surface area contributed by atoms with Gasteiger partial charge < -0.3 is 19.3 Å². The summed E-state index contributed by atoms with van der Waals surface area (Å²) in [4.78, 5) is 13.9. The number of nitrogens with zero attached hydrogens (tertiary/aromatic N) is 1. The molecule has 2 unspecified atom stereocenters. The van der Waals surface area contributed by atoms with E-state index in [-0.39, 0.29) is 12.8 Å². The third-order valence-electron chi connectivity index (χ3n) is 5.14. The smallest absolute Gasteiger partial charge is 0.320 e. The number of hydrogen-bond acceptors (Lipinski definition) is 5. The first-order chi connectivity index (χ1) is 13.2. The highest BCUT2D eigenvalue weighted by atomic mass is 16.7. The van der Waals surface area contributed by atoms with Gasteiger partial charge in [0.1, 0.15) is 11.8 Å². The molecule has 142 valence electrons. The molecule has 1 saturated heterocycles. The second kappa shape index (κ2) is 7.48. The lowest BCUT2D eigenvalue weighted by molar-refractivity contribution is -0.142. The van der Waals surface area contributed by atoms with Crippen molar-refractivity contribution in [3.05, 3.63) is 53.6 Å². The lowest BCUT2D eigenvalue weighted by Gasteiger charge is -2.33. The highest BCUT2D eigenvalue weighted by molar-refractivity contribution is 5.74. The molecule has 0 bridgehead atoms. The van der Waals surface area contributed by atoms with E-state index < -0.39 is 12.0 Å². The summed E-state index contributed by atoms with van der Waals surface area (Å²) in [7, 11) is 0. The van der Waals surface area contributed by atoms with Gasteiger partial charge in [0, 0.05) is 12.1 Å². The Morgan fingerprint density at radius 3 is 2.89 bits per heavy atom. The first-order valence-corrected chi connectivity index (χ1v) is 9.29. The molecule has 2 aliphatic rings. The Morgan fingerprint density at radius 2 is 2.07 bits per heavy atom. The van der Waals surface area contributed by atoms with Gasteiger partial charge in [0.05, 0.1) is 12.6 Å². The highest BCUT2D eigenvalue weighted by Gasteiger charge is 2.38. The zero-order chi connectivity index (χ0) is 18.8. The normalized spacial score (nSPS) is 19.8. The van der Waals surface area contributed by atoms with E-state index in [1.54, 1.807) is 0 Å². The van der Waals surface area contributed by atoms with Crippen molar-refractivity contribution >= 4 is 5.97 Å². The summed E-state index contributed by atoms with van der Waals surface area (Å²) in [6, 6.07) is 12.9. The number of aliphatic carboxylic acids is 1. The SMILES string of the molecule is CCOc1ccccc1C(c1ccc2c(c1)OCO2)N1CCCC1C(=O)O. The second-order valence-electron chi connectivity index (χ2n) is 6.72. The number of carboxylic acid groups (broad SMARTS) is 1. The molecular formula is C21H23NO5. The van der Waals surface area contributed by atoms with Crippen LogP contribution in [0.3, 0.4) is 0 Å². The molecule has 2 atom stereocenters. The maximum atomic E-state index is 11.9. The number of para-hydroxylation sites is 1. The lowest BCUT2D eigenvalue weighted by atomic mass is 9.95. The van der Waals surface area contributed by atoms with Crippen molar-refractivity contribution in [2.75, 3.05) is 19.9 Å². The van der Waals surface area contributed by atoms with E-state index in [1.165, 1.54) is 0 Å². The van der Waals surface area contributed by atoms with Crippen molar-refractivity contribution in [1.82, 2.24) is 4.90 Å². The number of carboxylic acids is 1. The molecule has 0 radical (unpaired) electrons. The number of ether oxygens (including phenoxy) is 3. The van der Waals surface area contributed by atoms with Gasteiger partial charge in [-0.05, 0) is 43.5 Å². The predicted octanol–water partition coefficient (Wildman–Crippen LogP) is 3.45. The molecule has 0 spiro atoms. The molecule has 0 aliphatic carbocycles. The minimum absolute atomic E-state index is 0.209. The van der Waals surface area contributed by atoms with Gasteiger partial charge >= 0.3 is 5.97 Å². The molecule has 2 aliphatic heterocycles. The molecular weight excluding hydrogens is 346 g/mol. The van der Waals surface area contributed by atoms with Crippen molar-refractivity contribution in [3.63, 3.8) is 0 Å². The van der Waals surface area contributed by atoms with Crippen molar-refractivity contribution < 1.29 is 24.1 Å². The molecule has 6 heteroatoms. The number of benzene rings is 2. The Hall–Kier alpha value is -2.73. The Kier molecular flexibility index (Phi) is 4.90. The van der Waals surface area contributed by atoms with Gasteiger partial charge in [0.25, 0.3) is 0 Å². The van der Waals surface area contributed by atoms with E-state index >= 15 is 0 Å². The number of fused-ring (bicyclic) bond motifs is 1. The molecule has 6 nitrogen and oxygen atoms in total. The molecule has 0 saturated carbocycles. The van der Waals surface area contributed by atoms with Crippen LogP contribution in [-0.4, -0.2) is 42.0 Å². The number of likely N-dealkylation sites (tertiary alicyclic amines) is 1. The minimum atomic E-state index is -0.785. The van der Waals surface area contributed by atoms with Gasteiger partial charge in [-0.15, -0.1) is 0 Å². The Labute approximate surface area is 158 Å². The molecule has 1 fully saturated rings. The fraction of sp³-hybridized carbons (Fsp3) is 0.381. The predicted molar refractivity (Wildman–Crippen MR) is 99.4 cm³/mol. The Balaban J connectivity index is 1.82. The topological polar surface area (TPSA) is 68.2 Å². The van der Waals surface area contributed by atoms with Crippen molar-refractivity contribution in [3.8, 4) is 17.2 Å². The third-order valence-corrected chi connectivity index (χ3v) is 5.14. The first kappa shape index (κ1) is 17.7. The number of rotatable bonds is 6. The molecule has 0 amide bonds. The fourth-order valence-corrected chi connectivity index (χ4v) is 3.99. The summed E-state index contributed by atoms with van der Waals surface area (Å²) in [6.07, 6.45) is 1.50. The third kappa shape index (κ3) is 3.32. The average molecular weight is 369 g/mol. The summed E-state index contributed by atoms with van der Waals surface area (Å²) in [5, 5.41) is 9.74. The molecule has 4 rings (SSSR count). The van der Waals surface area contributed by atoms with Gasteiger partial charge in [0.2, 0.25) is 6.79 Å². The van der Waals surface area contributed by atoms with Crippen molar-refractivity contribution in [1.29, 1.82) is 0 Å². The van der Waals surface area contributed by atoms with Gasteiger partial charge in [-0.1, -0.05) is 24.3 Å². The fourth-order valence-electron chi connectivity index (χ4n) is 3.99. The minimum Gasteiger partial charge on any atom is -0.494 e. The van der Waals surface area contributed by atoms with Gasteiger partial charge in [0.15, 0.2) is 11.5 Å². The van der Waals surface area contributed by atoms with E-state index in [0.717, 1.165) is 29.8 Å². The maximum Gasteiger partial charge on any atom is 0.320 e. The quantitative estimate of drug-likeness (QED) is 0.841. The molecule has 2 aromatic carbocycles. The van der Waals surface area contributed by atoms with Crippen LogP contribution in [0.1, 0.15) is 36.9 Å². The van der Waals surface area contributed by atoms with Crippen LogP contribution in [0, 0.1) is 0 Å². The Bertz CT molecular complexity index is 837. The second-order valence-corrected chi connectivity index (χ2v) is 6.72. The summed E-state index contributed by atoms with van der Waals surface area (Å²) < 4.78 is 16.8. The van der Waals surface area contributed by atoms with E-state index in [2.05, 4.69) is 4.90 Å². The summed E-state index contributed by atoms with van der Waals surface area (Å²) in [5.74, 6) is 1.40. The van der Waals surface area contributed by atoms with Crippen molar-refractivity contribution in [2.24, 2.45) is 0 Å². The van der Waals surface area contributed by atoms with Crippen LogP contribution in [0.15, 0.2) is 42.5 Å². The van der Waals surface area contributed by atoms with Gasteiger partial charge in [-0.3, -0.25) is 9.69 Å². The zero-order valence-electron chi connectivity index (χ0n) is 15.3. The molecule has 27 heavy (non-hydrogen) atoms. The van der Waals surface area contributed by atoms with Gasteiger partial charge in [-0.25, -0.2) is 0 Å². The van der Waals surface area contributed by atoms with Crippen LogP contribution in [0.4, 0.5) is 0 Å². The molecule has 2 aromatic rings. The summed E-state index contributed by atoms with van der Waals surface area (Å²) >= 11 is 0. The standard InChI is InChI=1S/C21H23NO5/c1-2-25-17-8-4-3-6-15(17)20(22-11-5-7-16(22)21(23)24)14-9-10-18-19(12-14)27-13-26-18/h3-4,6,8-10,12,16,20H,2,5,7,11,13H2,1H3,(H,23,24). The molecule has 1 N–H and O–H groups in total. The maximum absolute atomic E-state index is 11.9. The van der Waals surface area contributed by atoms with Crippen LogP contribution >= 0.6 is 0 Å². The Morgan fingerprint density at radius 1 is 1.26 bits per heavy atom. The van der Waals surface area contributed by atoms with Crippen LogP contribution in [-0.2, 0) is 4.79 Å². The molecule has 2 heterocycles. The average Bonchev–Trinajstić information content (AvgIpc) is 3.32. The lowest BCUT2D eigenvalue weighted by Crippen LogP contribution is -2.39. The number of carbonyl (C=O) groups is 1. The van der Waals surface area contributed by atoms with Crippen LogP contribution in [0.5, 0.6) is 17.2 Å². The van der Waals surface area contributed by atoms with E-state index in [9.17, 15) is 9.90 Å². The van der Waals surface area contributed by atoms with Crippen LogP contribution in [0.25, 0.3) is 0 Å². The zero-order valence-corrected chi connectivity index (χ0v) is 15.3. The van der Waals surface area contributed by atoms with E-state index in [4.69, 9.17) is 14.2 Å². The first-order valence-electron chi connectivity index (χ1n) is 9.29. The van der Waals surface area contributed by atoms with Crippen LogP contribution < -0.4 is 14.2 Å². The van der Waals surface area contributed by atoms with Crippen molar-refractivity contribution in [2.45, 2.75) is 31.8 Å². The van der Waals surface area contributed by atoms with Gasteiger partial charge in [-0.2, -0.15) is 0 Å². The van der Waals surface area contributed by atoms with E-state index in [0.29, 0.717) is 24.5 Å². The van der Waals surface area contributed by atoms with Crippen LogP contribution in [0.2, 0.25) is 0 Å².